The van der Waals surface area contributed by atoms with E-state index in [9.17, 15) is 4.79 Å². The van der Waals surface area contributed by atoms with Gasteiger partial charge in [-0.15, -0.1) is 0 Å². The lowest BCUT2D eigenvalue weighted by Crippen LogP contribution is -2.21. The molecule has 0 saturated heterocycles. The van der Waals surface area contributed by atoms with Gasteiger partial charge in [-0.1, -0.05) is 5.92 Å². The van der Waals surface area contributed by atoms with E-state index in [1.165, 1.54) is 0 Å². The van der Waals surface area contributed by atoms with Crippen molar-refractivity contribution in [3.63, 3.8) is 0 Å². The van der Waals surface area contributed by atoms with Crippen LogP contribution in [-0.4, -0.2) is 21.1 Å². The van der Waals surface area contributed by atoms with Crippen LogP contribution in [0, 0.1) is 18.8 Å². The number of carbonyl (C=O) groups excluding carboxylic acids is 1. The van der Waals surface area contributed by atoms with Gasteiger partial charge in [0.2, 0.25) is 0 Å². The first-order valence-corrected chi connectivity index (χ1v) is 3.81. The molecule has 68 valence electrons. The zero-order valence-electron chi connectivity index (χ0n) is 7.51. The molecule has 0 bridgehead atoms. The highest BCUT2D eigenvalue weighted by Crippen LogP contribution is 1.88. The number of aryl methyl sites for hydroxylation is 1. The number of amides is 1. The van der Waals surface area contributed by atoms with Gasteiger partial charge >= 0.3 is 0 Å². The Morgan fingerprint density at radius 1 is 1.69 bits per heavy atom. The Hall–Kier alpha value is -1.83. The zero-order valence-corrected chi connectivity index (χ0v) is 7.51. The van der Waals surface area contributed by atoms with Crippen LogP contribution in [0.4, 0.5) is 0 Å². The molecule has 0 aliphatic rings. The minimum absolute atomic E-state index is 0.303. The summed E-state index contributed by atoms with van der Waals surface area (Å²) in [5, 5.41) is 9.08. The maximum atomic E-state index is 10.9. The quantitative estimate of drug-likeness (QED) is 0.613. The Balaban J connectivity index is 2.42. The van der Waals surface area contributed by atoms with Crippen molar-refractivity contribution in [3.05, 3.63) is 11.6 Å². The summed E-state index contributed by atoms with van der Waals surface area (Å²) in [4.78, 5) is 14.9. The molecule has 0 aliphatic heterocycles. The molecule has 1 heterocycles. The average molecular weight is 178 g/mol. The Morgan fingerprint density at radius 3 is 3.00 bits per heavy atom. The lowest BCUT2D eigenvalue weighted by Gasteiger charge is -1.93. The molecule has 1 rings (SSSR count). The zero-order chi connectivity index (χ0) is 9.68. The van der Waals surface area contributed by atoms with E-state index in [1.54, 1.807) is 13.8 Å². The minimum atomic E-state index is -0.315. The van der Waals surface area contributed by atoms with Crippen LogP contribution in [-0.2, 0) is 11.3 Å². The van der Waals surface area contributed by atoms with Crippen LogP contribution in [0.3, 0.4) is 0 Å². The molecule has 2 N–H and O–H groups in total. The van der Waals surface area contributed by atoms with Crippen LogP contribution in [0.15, 0.2) is 0 Å². The van der Waals surface area contributed by atoms with Gasteiger partial charge in [0.1, 0.15) is 5.82 Å². The lowest BCUT2D eigenvalue weighted by atomic mass is 10.5. The first kappa shape index (κ1) is 9.26. The Labute approximate surface area is 75.9 Å². The van der Waals surface area contributed by atoms with Gasteiger partial charge in [-0.05, 0) is 19.8 Å². The fraction of sp³-hybridized carbons (Fsp3) is 0.375. The van der Waals surface area contributed by atoms with Crippen LogP contribution in [0.25, 0.3) is 0 Å². The van der Waals surface area contributed by atoms with Gasteiger partial charge in [0, 0.05) is 0 Å². The van der Waals surface area contributed by atoms with E-state index in [2.05, 4.69) is 32.3 Å². The molecule has 0 aliphatic carbocycles. The highest BCUT2D eigenvalue weighted by Gasteiger charge is 2.00. The van der Waals surface area contributed by atoms with E-state index in [1.807, 2.05) is 0 Å². The number of nitrogens with one attached hydrogen (secondary N) is 2. The standard InChI is InChI=1S/C8H10N4O/c1-3-4-8(13)9-5-7-10-6(2)11-12-7/h5H2,1-2H3,(H,9,13)(H,10,11,12). The summed E-state index contributed by atoms with van der Waals surface area (Å²) >= 11 is 0. The molecule has 0 spiro atoms. The van der Waals surface area contributed by atoms with Crippen LogP contribution in [0.2, 0.25) is 0 Å². The summed E-state index contributed by atoms with van der Waals surface area (Å²) in [6.45, 7) is 3.71. The van der Waals surface area contributed by atoms with Crippen molar-refractivity contribution in [1.82, 2.24) is 20.5 Å². The van der Waals surface area contributed by atoms with Crippen LogP contribution in [0.1, 0.15) is 18.6 Å². The summed E-state index contributed by atoms with van der Waals surface area (Å²) in [5.74, 6) is 5.83. The van der Waals surface area contributed by atoms with Gasteiger partial charge in [-0.2, -0.15) is 5.10 Å². The highest BCUT2D eigenvalue weighted by molar-refractivity contribution is 5.93. The molecule has 5 heteroatoms. The summed E-state index contributed by atoms with van der Waals surface area (Å²) in [5.41, 5.74) is 0. The molecule has 0 atom stereocenters. The van der Waals surface area contributed by atoms with Crippen molar-refractivity contribution < 1.29 is 4.79 Å². The summed E-state index contributed by atoms with van der Waals surface area (Å²) in [6.07, 6.45) is 0. The second-order valence-electron chi connectivity index (χ2n) is 2.39. The average Bonchev–Trinajstić information content (AvgIpc) is 2.49. The van der Waals surface area contributed by atoms with E-state index in [-0.39, 0.29) is 5.91 Å². The second-order valence-corrected chi connectivity index (χ2v) is 2.39. The van der Waals surface area contributed by atoms with Gasteiger partial charge in [-0.3, -0.25) is 9.89 Å². The molecule has 0 saturated carbocycles. The molecule has 0 fully saturated rings. The van der Waals surface area contributed by atoms with Crippen LogP contribution in [0.5, 0.6) is 0 Å². The van der Waals surface area contributed by atoms with E-state index in [4.69, 9.17) is 0 Å². The fourth-order valence-electron chi connectivity index (χ4n) is 0.785. The number of aromatic nitrogens is 3. The van der Waals surface area contributed by atoms with E-state index in [0.29, 0.717) is 12.4 Å². The van der Waals surface area contributed by atoms with Crippen molar-refractivity contribution in [2.24, 2.45) is 0 Å². The number of aromatic amines is 1. The van der Waals surface area contributed by atoms with Gasteiger partial charge < -0.3 is 5.32 Å². The smallest absolute Gasteiger partial charge is 0.296 e. The van der Waals surface area contributed by atoms with Crippen LogP contribution < -0.4 is 5.32 Å². The minimum Gasteiger partial charge on any atom is -0.338 e. The first-order chi connectivity index (χ1) is 6.22. The highest BCUT2D eigenvalue weighted by atomic mass is 16.1. The number of H-pyrrole nitrogens is 1. The first-order valence-electron chi connectivity index (χ1n) is 3.81. The molecular weight excluding hydrogens is 168 g/mol. The predicted molar refractivity (Wildman–Crippen MR) is 46.4 cm³/mol. The molecule has 0 radical (unpaired) electrons. The summed E-state index contributed by atoms with van der Waals surface area (Å²) < 4.78 is 0. The third kappa shape index (κ3) is 2.95. The molecule has 1 aromatic heterocycles. The predicted octanol–water partition coefficient (Wildman–Crippen LogP) is -0.247. The Morgan fingerprint density at radius 2 is 2.46 bits per heavy atom. The van der Waals surface area contributed by atoms with Crippen molar-refractivity contribution in [3.8, 4) is 11.8 Å². The topological polar surface area (TPSA) is 70.7 Å². The maximum absolute atomic E-state index is 10.9. The van der Waals surface area contributed by atoms with Gasteiger partial charge in [0.05, 0.1) is 6.54 Å². The fourth-order valence-corrected chi connectivity index (χ4v) is 0.785. The third-order valence-corrected chi connectivity index (χ3v) is 1.29. The number of nitrogens with zero attached hydrogens (tertiary/aromatic N) is 2. The molecular formula is C8H10N4O. The van der Waals surface area contributed by atoms with Crippen molar-refractivity contribution >= 4 is 5.91 Å². The van der Waals surface area contributed by atoms with Gasteiger partial charge in [0.15, 0.2) is 5.82 Å². The number of carbonyl (C=O) groups is 1. The summed E-state index contributed by atoms with van der Waals surface area (Å²) in [6, 6.07) is 0. The largest absolute Gasteiger partial charge is 0.338 e. The van der Waals surface area contributed by atoms with Gasteiger partial charge in [0.25, 0.3) is 5.91 Å². The molecule has 5 nitrogen and oxygen atoms in total. The lowest BCUT2D eigenvalue weighted by molar-refractivity contribution is -0.115. The number of hydrogen-bond donors (Lipinski definition) is 2. The van der Waals surface area contributed by atoms with E-state index < -0.39 is 0 Å². The Bertz CT molecular complexity index is 358. The molecule has 13 heavy (non-hydrogen) atoms. The monoisotopic (exact) mass is 178 g/mol. The molecule has 0 aromatic carbocycles. The summed E-state index contributed by atoms with van der Waals surface area (Å²) in [7, 11) is 0. The molecule has 0 unspecified atom stereocenters. The number of hydrogen-bond acceptors (Lipinski definition) is 3. The van der Waals surface area contributed by atoms with Gasteiger partial charge in [-0.25, -0.2) is 4.98 Å². The second kappa shape index (κ2) is 4.26. The van der Waals surface area contributed by atoms with E-state index in [0.717, 1.165) is 5.82 Å². The number of rotatable bonds is 2. The van der Waals surface area contributed by atoms with Crippen molar-refractivity contribution in [2.45, 2.75) is 20.4 Å². The maximum Gasteiger partial charge on any atom is 0.296 e. The Kier molecular flexibility index (Phi) is 3.03. The molecule has 1 amide bonds. The van der Waals surface area contributed by atoms with E-state index >= 15 is 0 Å². The van der Waals surface area contributed by atoms with Crippen molar-refractivity contribution in [1.29, 1.82) is 0 Å². The SMILES string of the molecule is CC#CC(=O)NCc1n[nH]c(C)n1. The van der Waals surface area contributed by atoms with Crippen molar-refractivity contribution in [2.75, 3.05) is 0 Å². The normalized spacial score (nSPS) is 8.77. The van der Waals surface area contributed by atoms with Crippen LogP contribution >= 0.6 is 0 Å². The molecule has 1 aromatic rings. The third-order valence-electron chi connectivity index (χ3n) is 1.29.